The maximum atomic E-state index is 12.7. The Bertz CT molecular complexity index is 1010. The SMILES string of the molecule is Cc1csc(CC(=O)N2CCN(CC(=O)N(C)Cc3nc4ccccc4s3)CC2)n1. The van der Waals surface area contributed by atoms with E-state index < -0.39 is 0 Å². The first kappa shape index (κ1) is 20.9. The minimum absolute atomic E-state index is 0.0762. The van der Waals surface area contributed by atoms with Crippen LogP contribution in [0.15, 0.2) is 29.6 Å². The highest BCUT2D eigenvalue weighted by Crippen LogP contribution is 2.22. The van der Waals surface area contributed by atoms with Crippen LogP contribution < -0.4 is 0 Å². The van der Waals surface area contributed by atoms with E-state index in [-0.39, 0.29) is 11.8 Å². The topological polar surface area (TPSA) is 69.6 Å². The predicted octanol–water partition coefficient (Wildman–Crippen LogP) is 2.41. The molecule has 1 aliphatic heterocycles. The Morgan fingerprint density at radius 1 is 1.10 bits per heavy atom. The number of hydrogen-bond donors (Lipinski definition) is 0. The molecule has 1 aliphatic rings. The number of rotatable bonds is 6. The molecule has 0 radical (unpaired) electrons. The van der Waals surface area contributed by atoms with Gasteiger partial charge in [0.25, 0.3) is 0 Å². The van der Waals surface area contributed by atoms with Gasteiger partial charge in [-0.1, -0.05) is 12.1 Å². The number of para-hydroxylation sites is 1. The second kappa shape index (κ2) is 9.20. The van der Waals surface area contributed by atoms with Crippen LogP contribution in [0.1, 0.15) is 15.7 Å². The smallest absolute Gasteiger partial charge is 0.236 e. The van der Waals surface area contributed by atoms with Gasteiger partial charge < -0.3 is 9.80 Å². The number of piperazine rings is 1. The Morgan fingerprint density at radius 3 is 2.57 bits per heavy atom. The largest absolute Gasteiger partial charge is 0.340 e. The number of amides is 2. The molecule has 30 heavy (non-hydrogen) atoms. The van der Waals surface area contributed by atoms with Crippen molar-refractivity contribution in [2.75, 3.05) is 39.8 Å². The molecule has 1 fully saturated rings. The highest BCUT2D eigenvalue weighted by atomic mass is 32.1. The Morgan fingerprint density at radius 2 is 1.87 bits per heavy atom. The van der Waals surface area contributed by atoms with E-state index in [0.29, 0.717) is 45.7 Å². The molecule has 4 rings (SSSR count). The number of thiazole rings is 2. The molecule has 1 aromatic carbocycles. The van der Waals surface area contributed by atoms with E-state index in [2.05, 4.69) is 20.9 Å². The minimum atomic E-state index is 0.0762. The number of hydrogen-bond acceptors (Lipinski definition) is 7. The number of likely N-dealkylation sites (N-methyl/N-ethyl adjacent to an activating group) is 1. The van der Waals surface area contributed by atoms with Crippen LogP contribution in [0, 0.1) is 6.92 Å². The van der Waals surface area contributed by atoms with Crippen molar-refractivity contribution in [3.63, 3.8) is 0 Å². The summed E-state index contributed by atoms with van der Waals surface area (Å²) in [6, 6.07) is 8.02. The molecule has 0 saturated carbocycles. The monoisotopic (exact) mass is 443 g/mol. The molecule has 9 heteroatoms. The number of carbonyl (C=O) groups is 2. The van der Waals surface area contributed by atoms with Crippen molar-refractivity contribution in [2.45, 2.75) is 19.9 Å². The number of aryl methyl sites for hydroxylation is 1. The van der Waals surface area contributed by atoms with Gasteiger partial charge in [-0.2, -0.15) is 0 Å². The molecule has 158 valence electrons. The van der Waals surface area contributed by atoms with Gasteiger partial charge in [0.1, 0.15) is 10.0 Å². The first-order chi connectivity index (χ1) is 14.5. The van der Waals surface area contributed by atoms with Crippen LogP contribution in [0.25, 0.3) is 10.2 Å². The van der Waals surface area contributed by atoms with E-state index in [4.69, 9.17) is 0 Å². The van der Waals surface area contributed by atoms with E-state index in [1.54, 1.807) is 16.2 Å². The van der Waals surface area contributed by atoms with Crippen LogP contribution in [0.2, 0.25) is 0 Å². The van der Waals surface area contributed by atoms with Crippen molar-refractivity contribution in [3.05, 3.63) is 45.4 Å². The zero-order valence-electron chi connectivity index (χ0n) is 17.2. The zero-order chi connectivity index (χ0) is 21.1. The van der Waals surface area contributed by atoms with Gasteiger partial charge in [0, 0.05) is 44.3 Å². The summed E-state index contributed by atoms with van der Waals surface area (Å²) in [6.45, 7) is 5.55. The number of fused-ring (bicyclic) bond motifs is 1. The average Bonchev–Trinajstić information content (AvgIpc) is 3.33. The summed E-state index contributed by atoms with van der Waals surface area (Å²) in [6.07, 6.45) is 0.363. The van der Waals surface area contributed by atoms with Gasteiger partial charge in [-0.25, -0.2) is 9.97 Å². The summed E-state index contributed by atoms with van der Waals surface area (Å²) >= 11 is 3.16. The number of carbonyl (C=O) groups excluding carboxylic acids is 2. The van der Waals surface area contributed by atoms with Crippen molar-refractivity contribution in [1.29, 1.82) is 0 Å². The van der Waals surface area contributed by atoms with Crippen LogP contribution in [0.5, 0.6) is 0 Å². The highest BCUT2D eigenvalue weighted by Gasteiger charge is 2.24. The summed E-state index contributed by atoms with van der Waals surface area (Å²) in [5.41, 5.74) is 1.94. The summed E-state index contributed by atoms with van der Waals surface area (Å²) in [5, 5.41) is 3.78. The quantitative estimate of drug-likeness (QED) is 0.585. The number of nitrogens with zero attached hydrogens (tertiary/aromatic N) is 5. The van der Waals surface area contributed by atoms with E-state index in [1.807, 2.05) is 42.5 Å². The van der Waals surface area contributed by atoms with Gasteiger partial charge in [-0.15, -0.1) is 22.7 Å². The summed E-state index contributed by atoms with van der Waals surface area (Å²) < 4.78 is 1.14. The van der Waals surface area contributed by atoms with Crippen LogP contribution in [0.4, 0.5) is 0 Å². The fourth-order valence-electron chi connectivity index (χ4n) is 3.47. The second-order valence-corrected chi connectivity index (χ2v) is 9.60. The van der Waals surface area contributed by atoms with Crippen LogP contribution in [0.3, 0.4) is 0 Å². The third kappa shape index (κ3) is 5.03. The normalized spacial score (nSPS) is 14.9. The summed E-state index contributed by atoms with van der Waals surface area (Å²) in [4.78, 5) is 39.9. The Balaban J connectivity index is 1.23. The van der Waals surface area contributed by atoms with Crippen molar-refractivity contribution in [2.24, 2.45) is 0 Å². The molecule has 0 N–H and O–H groups in total. The van der Waals surface area contributed by atoms with Crippen LogP contribution >= 0.6 is 22.7 Å². The van der Waals surface area contributed by atoms with Gasteiger partial charge in [-0.3, -0.25) is 14.5 Å². The standard InChI is InChI=1S/C21H25N5O2S2/c1-15-14-29-18(22-15)11-20(27)26-9-7-25(8-10-26)13-21(28)24(2)12-19-23-16-5-3-4-6-17(16)30-19/h3-6,14H,7-13H2,1-2H3. The molecule has 2 aromatic heterocycles. The van der Waals surface area contributed by atoms with E-state index >= 15 is 0 Å². The van der Waals surface area contributed by atoms with Gasteiger partial charge in [0.15, 0.2) is 0 Å². The van der Waals surface area contributed by atoms with Gasteiger partial charge in [0.2, 0.25) is 11.8 Å². The molecule has 0 spiro atoms. The zero-order valence-corrected chi connectivity index (χ0v) is 18.8. The molecule has 7 nitrogen and oxygen atoms in total. The molecule has 3 aromatic rings. The van der Waals surface area contributed by atoms with E-state index in [9.17, 15) is 9.59 Å². The maximum absolute atomic E-state index is 12.7. The second-order valence-electron chi connectivity index (χ2n) is 7.54. The summed E-state index contributed by atoms with van der Waals surface area (Å²) in [7, 11) is 1.82. The Kier molecular flexibility index (Phi) is 6.40. The molecule has 0 atom stereocenters. The molecule has 1 saturated heterocycles. The number of aromatic nitrogens is 2. The molecule has 0 aliphatic carbocycles. The van der Waals surface area contributed by atoms with Crippen molar-refractivity contribution in [3.8, 4) is 0 Å². The lowest BCUT2D eigenvalue weighted by atomic mass is 10.2. The molecule has 2 amide bonds. The highest BCUT2D eigenvalue weighted by molar-refractivity contribution is 7.18. The first-order valence-electron chi connectivity index (χ1n) is 9.97. The average molecular weight is 444 g/mol. The summed E-state index contributed by atoms with van der Waals surface area (Å²) in [5.74, 6) is 0.190. The van der Waals surface area contributed by atoms with Crippen molar-refractivity contribution >= 4 is 44.7 Å². The third-order valence-corrected chi connectivity index (χ3v) is 7.18. The van der Waals surface area contributed by atoms with Crippen molar-refractivity contribution < 1.29 is 9.59 Å². The van der Waals surface area contributed by atoms with Gasteiger partial charge in [-0.05, 0) is 19.1 Å². The lowest BCUT2D eigenvalue weighted by Crippen LogP contribution is -2.51. The fourth-order valence-corrected chi connectivity index (χ4v) is 5.25. The Labute approximate surface area is 184 Å². The minimum Gasteiger partial charge on any atom is -0.340 e. The third-order valence-electron chi connectivity index (χ3n) is 5.19. The molecule has 0 unspecified atom stereocenters. The van der Waals surface area contributed by atoms with E-state index in [0.717, 1.165) is 25.9 Å². The predicted molar refractivity (Wildman–Crippen MR) is 120 cm³/mol. The molecule has 3 heterocycles. The molecule has 0 bridgehead atoms. The lowest BCUT2D eigenvalue weighted by molar-refractivity contribution is -0.134. The first-order valence-corrected chi connectivity index (χ1v) is 11.7. The lowest BCUT2D eigenvalue weighted by Gasteiger charge is -2.35. The molecular formula is C21H25N5O2S2. The van der Waals surface area contributed by atoms with Crippen molar-refractivity contribution in [1.82, 2.24) is 24.7 Å². The maximum Gasteiger partial charge on any atom is 0.236 e. The van der Waals surface area contributed by atoms with Gasteiger partial charge in [0.05, 0.1) is 29.7 Å². The molecular weight excluding hydrogens is 418 g/mol. The van der Waals surface area contributed by atoms with Gasteiger partial charge >= 0.3 is 0 Å². The van der Waals surface area contributed by atoms with Crippen LogP contribution in [-0.4, -0.2) is 76.3 Å². The Hall–Kier alpha value is -2.36. The van der Waals surface area contributed by atoms with Crippen LogP contribution in [-0.2, 0) is 22.6 Å². The van der Waals surface area contributed by atoms with E-state index in [1.165, 1.54) is 11.3 Å². The number of benzene rings is 1. The fraction of sp³-hybridized carbons (Fsp3) is 0.429.